The molecule has 0 atom stereocenters. The van der Waals surface area contributed by atoms with Crippen molar-refractivity contribution in [2.45, 2.75) is 25.8 Å². The Kier molecular flexibility index (Phi) is 4.40. The molecule has 1 amide bonds. The van der Waals surface area contributed by atoms with Crippen LogP contribution in [-0.2, 0) is 11.3 Å². The minimum atomic E-state index is 0.254. The fourth-order valence-corrected chi connectivity index (χ4v) is 2.62. The number of fused-ring (bicyclic) bond motifs is 1. The zero-order chi connectivity index (χ0) is 14.5. The molecule has 3 rings (SSSR count). The highest BCUT2D eigenvalue weighted by Crippen LogP contribution is 2.09. The molecule has 0 saturated carbocycles. The third-order valence-corrected chi connectivity index (χ3v) is 3.78. The first kappa shape index (κ1) is 13.9. The van der Waals surface area contributed by atoms with Crippen molar-refractivity contribution in [1.29, 1.82) is 0 Å². The van der Waals surface area contributed by atoms with Gasteiger partial charge in [-0.1, -0.05) is 12.1 Å². The second kappa shape index (κ2) is 6.63. The predicted molar refractivity (Wildman–Crippen MR) is 81.7 cm³/mol. The molecule has 1 aliphatic heterocycles. The van der Waals surface area contributed by atoms with Crippen molar-refractivity contribution >= 4 is 16.9 Å². The highest BCUT2D eigenvalue weighted by Gasteiger charge is 2.16. The van der Waals surface area contributed by atoms with Crippen LogP contribution in [0.25, 0.3) is 11.0 Å². The van der Waals surface area contributed by atoms with Crippen molar-refractivity contribution in [3.05, 3.63) is 36.2 Å². The Balaban J connectivity index is 1.46. The van der Waals surface area contributed by atoms with Gasteiger partial charge >= 0.3 is 0 Å². The molecule has 110 valence electrons. The van der Waals surface area contributed by atoms with Crippen molar-refractivity contribution in [3.63, 3.8) is 0 Å². The van der Waals surface area contributed by atoms with Crippen LogP contribution in [0.4, 0.5) is 0 Å². The summed E-state index contributed by atoms with van der Waals surface area (Å²) in [7, 11) is 0. The number of hydrogen-bond acceptors (Lipinski definition) is 4. The van der Waals surface area contributed by atoms with E-state index in [2.05, 4.69) is 15.3 Å². The number of carbonyl (C=O) groups is 1. The van der Waals surface area contributed by atoms with Crippen LogP contribution in [0.2, 0.25) is 0 Å². The molecule has 1 fully saturated rings. The summed E-state index contributed by atoms with van der Waals surface area (Å²) in [6.07, 6.45) is 4.64. The lowest BCUT2D eigenvalue weighted by atomic mass is 10.3. The van der Waals surface area contributed by atoms with E-state index < -0.39 is 0 Å². The van der Waals surface area contributed by atoms with Crippen LogP contribution in [0.15, 0.2) is 30.5 Å². The molecule has 1 saturated heterocycles. The van der Waals surface area contributed by atoms with Gasteiger partial charge in [-0.15, -0.1) is 0 Å². The molecule has 0 radical (unpaired) electrons. The molecule has 2 aromatic rings. The Morgan fingerprint density at radius 3 is 2.76 bits per heavy atom. The van der Waals surface area contributed by atoms with Crippen molar-refractivity contribution in [2.75, 3.05) is 19.6 Å². The van der Waals surface area contributed by atoms with E-state index >= 15 is 0 Å². The number of aromatic nitrogens is 2. The van der Waals surface area contributed by atoms with E-state index in [0.29, 0.717) is 19.5 Å². The van der Waals surface area contributed by atoms with Gasteiger partial charge < -0.3 is 10.2 Å². The van der Waals surface area contributed by atoms with Crippen LogP contribution in [-0.4, -0.2) is 40.4 Å². The molecule has 1 aromatic carbocycles. The summed E-state index contributed by atoms with van der Waals surface area (Å²) in [4.78, 5) is 22.8. The summed E-state index contributed by atoms with van der Waals surface area (Å²) >= 11 is 0. The zero-order valence-corrected chi connectivity index (χ0v) is 12.1. The highest BCUT2D eigenvalue weighted by molar-refractivity contribution is 5.76. The average Bonchev–Trinajstić information content (AvgIpc) is 3.06. The molecule has 0 bridgehead atoms. The smallest absolute Gasteiger partial charge is 0.223 e. The molecule has 2 heterocycles. The molecule has 5 heteroatoms. The van der Waals surface area contributed by atoms with Crippen LogP contribution in [0.5, 0.6) is 0 Å². The van der Waals surface area contributed by atoms with Crippen molar-refractivity contribution in [3.8, 4) is 0 Å². The zero-order valence-electron chi connectivity index (χ0n) is 12.1. The average molecular weight is 284 g/mol. The highest BCUT2D eigenvalue weighted by atomic mass is 16.2. The third kappa shape index (κ3) is 3.55. The number of nitrogens with one attached hydrogen (secondary N) is 1. The molecular weight excluding hydrogens is 264 g/mol. The van der Waals surface area contributed by atoms with Crippen molar-refractivity contribution in [1.82, 2.24) is 20.2 Å². The Morgan fingerprint density at radius 2 is 1.95 bits per heavy atom. The molecule has 0 unspecified atom stereocenters. The van der Waals surface area contributed by atoms with Crippen LogP contribution in [0.1, 0.15) is 25.0 Å². The van der Waals surface area contributed by atoms with E-state index in [0.717, 1.165) is 42.7 Å². The van der Waals surface area contributed by atoms with Crippen molar-refractivity contribution in [2.24, 2.45) is 0 Å². The quantitative estimate of drug-likeness (QED) is 0.850. The van der Waals surface area contributed by atoms with Gasteiger partial charge in [0.05, 0.1) is 22.9 Å². The molecule has 0 aliphatic carbocycles. The first-order chi connectivity index (χ1) is 10.3. The lowest BCUT2D eigenvalue weighted by Crippen LogP contribution is -2.30. The Hall–Kier alpha value is -2.01. The van der Waals surface area contributed by atoms with Crippen LogP contribution in [0.3, 0.4) is 0 Å². The number of hydrogen-bond donors (Lipinski definition) is 1. The van der Waals surface area contributed by atoms with E-state index in [1.54, 1.807) is 6.20 Å². The van der Waals surface area contributed by atoms with Gasteiger partial charge in [-0.05, 0) is 25.0 Å². The second-order valence-corrected chi connectivity index (χ2v) is 5.36. The number of amides is 1. The molecule has 5 nitrogen and oxygen atoms in total. The predicted octanol–water partition coefficient (Wildman–Crippen LogP) is 1.73. The van der Waals surface area contributed by atoms with Gasteiger partial charge in [0.1, 0.15) is 0 Å². The third-order valence-electron chi connectivity index (χ3n) is 3.78. The lowest BCUT2D eigenvalue weighted by molar-refractivity contribution is -0.130. The van der Waals surface area contributed by atoms with Gasteiger partial charge in [0.15, 0.2) is 0 Å². The molecule has 1 aromatic heterocycles. The fraction of sp³-hybridized carbons (Fsp3) is 0.438. The van der Waals surface area contributed by atoms with E-state index in [1.807, 2.05) is 29.2 Å². The lowest BCUT2D eigenvalue weighted by Gasteiger charge is -2.15. The maximum absolute atomic E-state index is 11.9. The van der Waals surface area contributed by atoms with Gasteiger partial charge in [-0.3, -0.25) is 9.78 Å². The van der Waals surface area contributed by atoms with E-state index in [9.17, 15) is 4.79 Å². The number of likely N-dealkylation sites (tertiary alicyclic amines) is 1. The van der Waals surface area contributed by atoms with Gasteiger partial charge in [0.25, 0.3) is 0 Å². The topological polar surface area (TPSA) is 58.1 Å². The first-order valence-corrected chi connectivity index (χ1v) is 7.52. The van der Waals surface area contributed by atoms with Gasteiger partial charge in [-0.25, -0.2) is 4.98 Å². The van der Waals surface area contributed by atoms with Crippen LogP contribution >= 0.6 is 0 Å². The Morgan fingerprint density at radius 1 is 1.19 bits per heavy atom. The monoisotopic (exact) mass is 284 g/mol. The summed E-state index contributed by atoms with van der Waals surface area (Å²) in [6.45, 7) is 3.18. The summed E-state index contributed by atoms with van der Waals surface area (Å²) in [5.41, 5.74) is 2.72. The first-order valence-electron chi connectivity index (χ1n) is 7.52. The minimum Gasteiger partial charge on any atom is -0.343 e. The standard InChI is InChI=1S/C16H20N4O/c21-16(20-9-3-4-10-20)7-8-17-11-13-12-18-14-5-1-2-6-15(14)19-13/h1-2,5-6,12,17H,3-4,7-11H2. The number of rotatable bonds is 5. The molecule has 0 spiro atoms. The number of nitrogens with zero attached hydrogens (tertiary/aromatic N) is 3. The van der Waals surface area contributed by atoms with E-state index in [1.165, 1.54) is 0 Å². The van der Waals surface area contributed by atoms with Gasteiger partial charge in [0.2, 0.25) is 5.91 Å². The minimum absolute atomic E-state index is 0.254. The summed E-state index contributed by atoms with van der Waals surface area (Å²) in [5, 5.41) is 3.27. The summed E-state index contributed by atoms with van der Waals surface area (Å²) < 4.78 is 0. The van der Waals surface area contributed by atoms with Crippen molar-refractivity contribution < 1.29 is 4.79 Å². The largest absolute Gasteiger partial charge is 0.343 e. The summed E-state index contributed by atoms with van der Waals surface area (Å²) in [5.74, 6) is 0.254. The number of benzene rings is 1. The molecule has 1 N–H and O–H groups in total. The maximum Gasteiger partial charge on any atom is 0.223 e. The summed E-state index contributed by atoms with van der Waals surface area (Å²) in [6, 6.07) is 7.83. The van der Waals surface area contributed by atoms with Gasteiger partial charge in [0, 0.05) is 32.6 Å². The second-order valence-electron chi connectivity index (χ2n) is 5.36. The Labute approximate surface area is 124 Å². The number of para-hydroxylation sites is 2. The molecular formula is C16H20N4O. The normalized spacial score (nSPS) is 14.8. The maximum atomic E-state index is 11.9. The van der Waals surface area contributed by atoms with Crippen LogP contribution in [0, 0.1) is 0 Å². The number of carbonyl (C=O) groups excluding carboxylic acids is 1. The SMILES string of the molecule is O=C(CCNCc1cnc2ccccc2n1)N1CCCC1. The molecule has 21 heavy (non-hydrogen) atoms. The van der Waals surface area contributed by atoms with E-state index in [4.69, 9.17) is 0 Å². The van der Waals surface area contributed by atoms with Crippen LogP contribution < -0.4 is 5.32 Å². The fourth-order valence-electron chi connectivity index (χ4n) is 2.62. The van der Waals surface area contributed by atoms with E-state index in [-0.39, 0.29) is 5.91 Å². The Bertz CT molecular complexity index is 622. The molecule has 1 aliphatic rings. The van der Waals surface area contributed by atoms with Gasteiger partial charge in [-0.2, -0.15) is 0 Å².